The molecule has 0 spiro atoms. The van der Waals surface area contributed by atoms with Gasteiger partial charge in [-0.05, 0) is 25.6 Å². The van der Waals surface area contributed by atoms with Crippen molar-refractivity contribution in [2.45, 2.75) is 12.5 Å². The maximum Gasteiger partial charge on any atom is 0.415 e. The summed E-state index contributed by atoms with van der Waals surface area (Å²) in [5.74, 6) is 0.309. The SMILES string of the molecule is CN[C@H]1CCN(C(=O)Oc2ccc([N+](=O)[O-])cc2)C1. The molecule has 1 N–H and O–H groups in total. The largest absolute Gasteiger partial charge is 0.415 e. The number of hydrogen-bond acceptors (Lipinski definition) is 5. The summed E-state index contributed by atoms with van der Waals surface area (Å²) in [5.41, 5.74) is -0.0313. The van der Waals surface area contributed by atoms with Crippen molar-refractivity contribution in [1.29, 1.82) is 0 Å². The first-order chi connectivity index (χ1) is 9.10. The Morgan fingerprint density at radius 1 is 1.47 bits per heavy atom. The van der Waals surface area contributed by atoms with Crippen LogP contribution in [0.4, 0.5) is 10.5 Å². The van der Waals surface area contributed by atoms with Gasteiger partial charge in [0.05, 0.1) is 4.92 Å². The molecule has 1 aromatic carbocycles. The topological polar surface area (TPSA) is 84.7 Å². The number of hydrogen-bond donors (Lipinski definition) is 1. The van der Waals surface area contributed by atoms with Gasteiger partial charge in [-0.25, -0.2) is 4.79 Å². The number of nitrogens with zero attached hydrogens (tertiary/aromatic N) is 2. The zero-order valence-corrected chi connectivity index (χ0v) is 10.5. The first-order valence-electron chi connectivity index (χ1n) is 5.98. The second-order valence-electron chi connectivity index (χ2n) is 4.34. The molecule has 0 bridgehead atoms. The minimum Gasteiger partial charge on any atom is -0.410 e. The Hall–Kier alpha value is -2.15. The van der Waals surface area contributed by atoms with Crippen LogP contribution in [0.5, 0.6) is 5.75 Å². The molecule has 1 amide bonds. The van der Waals surface area contributed by atoms with Gasteiger partial charge >= 0.3 is 6.09 Å². The van der Waals surface area contributed by atoms with Crippen molar-refractivity contribution in [3.63, 3.8) is 0 Å². The van der Waals surface area contributed by atoms with Crippen molar-refractivity contribution in [2.75, 3.05) is 20.1 Å². The van der Waals surface area contributed by atoms with E-state index in [1.165, 1.54) is 24.3 Å². The van der Waals surface area contributed by atoms with Crippen LogP contribution in [0, 0.1) is 10.1 Å². The number of likely N-dealkylation sites (tertiary alicyclic amines) is 1. The van der Waals surface area contributed by atoms with Crippen molar-refractivity contribution in [1.82, 2.24) is 10.2 Å². The highest BCUT2D eigenvalue weighted by Gasteiger charge is 2.26. The van der Waals surface area contributed by atoms with E-state index in [0.29, 0.717) is 24.9 Å². The third-order valence-corrected chi connectivity index (χ3v) is 3.11. The number of rotatable bonds is 3. The zero-order valence-electron chi connectivity index (χ0n) is 10.5. The van der Waals surface area contributed by atoms with Crippen LogP contribution in [-0.4, -0.2) is 42.1 Å². The van der Waals surface area contributed by atoms with Crippen molar-refractivity contribution < 1.29 is 14.5 Å². The molecule has 1 aromatic rings. The summed E-state index contributed by atoms with van der Waals surface area (Å²) in [4.78, 5) is 23.4. The molecule has 7 heteroatoms. The van der Waals surface area contributed by atoms with Crippen LogP contribution in [0.3, 0.4) is 0 Å². The van der Waals surface area contributed by atoms with Crippen LogP contribution in [0.1, 0.15) is 6.42 Å². The van der Waals surface area contributed by atoms with E-state index in [9.17, 15) is 14.9 Å². The molecular formula is C12H15N3O4. The molecule has 1 aliphatic rings. The van der Waals surface area contributed by atoms with Gasteiger partial charge in [0.1, 0.15) is 5.75 Å². The Bertz CT molecular complexity index is 474. The minimum absolute atomic E-state index is 0.0313. The molecule has 1 heterocycles. The molecule has 1 fully saturated rings. The molecular weight excluding hydrogens is 250 g/mol. The lowest BCUT2D eigenvalue weighted by Crippen LogP contribution is -2.35. The average molecular weight is 265 g/mol. The summed E-state index contributed by atoms with van der Waals surface area (Å²) in [6.07, 6.45) is 0.470. The molecule has 0 aromatic heterocycles. The van der Waals surface area contributed by atoms with E-state index in [1.54, 1.807) is 4.90 Å². The number of carbonyl (C=O) groups is 1. The minimum atomic E-state index is -0.496. The van der Waals surface area contributed by atoms with E-state index in [2.05, 4.69) is 5.32 Å². The Morgan fingerprint density at radius 2 is 2.16 bits per heavy atom. The number of carbonyl (C=O) groups excluding carboxylic acids is 1. The highest BCUT2D eigenvalue weighted by molar-refractivity contribution is 5.71. The van der Waals surface area contributed by atoms with E-state index in [-0.39, 0.29) is 5.69 Å². The zero-order chi connectivity index (χ0) is 13.8. The van der Waals surface area contributed by atoms with E-state index in [4.69, 9.17) is 4.74 Å². The molecule has 1 aliphatic heterocycles. The molecule has 1 saturated heterocycles. The second-order valence-corrected chi connectivity index (χ2v) is 4.34. The lowest BCUT2D eigenvalue weighted by molar-refractivity contribution is -0.384. The number of nitro groups is 1. The summed E-state index contributed by atoms with van der Waals surface area (Å²) in [7, 11) is 1.86. The van der Waals surface area contributed by atoms with Crippen molar-refractivity contribution in [3.05, 3.63) is 34.4 Å². The molecule has 7 nitrogen and oxygen atoms in total. The van der Waals surface area contributed by atoms with Crippen LogP contribution < -0.4 is 10.1 Å². The standard InChI is InChI=1S/C12H15N3O4/c1-13-9-6-7-14(8-9)12(16)19-11-4-2-10(3-5-11)15(17)18/h2-5,9,13H,6-8H2,1H3/t9-/m0/s1. The lowest BCUT2D eigenvalue weighted by Gasteiger charge is -2.15. The highest BCUT2D eigenvalue weighted by Crippen LogP contribution is 2.19. The van der Waals surface area contributed by atoms with E-state index in [1.807, 2.05) is 7.05 Å². The van der Waals surface area contributed by atoms with E-state index < -0.39 is 11.0 Å². The fourth-order valence-corrected chi connectivity index (χ4v) is 1.96. The smallest absolute Gasteiger partial charge is 0.410 e. The summed E-state index contributed by atoms with van der Waals surface area (Å²) < 4.78 is 5.16. The van der Waals surface area contributed by atoms with Gasteiger partial charge in [0.25, 0.3) is 5.69 Å². The quantitative estimate of drug-likeness (QED) is 0.659. The molecule has 2 rings (SSSR count). The van der Waals surface area contributed by atoms with Crippen molar-refractivity contribution in [3.8, 4) is 5.75 Å². The highest BCUT2D eigenvalue weighted by atomic mass is 16.6. The Morgan fingerprint density at radius 3 is 2.68 bits per heavy atom. The second kappa shape index (κ2) is 5.66. The predicted molar refractivity (Wildman–Crippen MR) is 68.2 cm³/mol. The van der Waals surface area contributed by atoms with Crippen LogP contribution in [0.15, 0.2) is 24.3 Å². The molecule has 102 valence electrons. The van der Waals surface area contributed by atoms with Crippen molar-refractivity contribution >= 4 is 11.8 Å². The number of benzene rings is 1. The van der Waals surface area contributed by atoms with Gasteiger partial charge < -0.3 is 15.0 Å². The Kier molecular flexibility index (Phi) is 3.96. The third-order valence-electron chi connectivity index (χ3n) is 3.11. The van der Waals surface area contributed by atoms with Gasteiger partial charge in [0.15, 0.2) is 0 Å². The maximum absolute atomic E-state index is 11.8. The molecule has 0 unspecified atom stereocenters. The fraction of sp³-hybridized carbons (Fsp3) is 0.417. The molecule has 19 heavy (non-hydrogen) atoms. The maximum atomic E-state index is 11.8. The molecule has 0 aliphatic carbocycles. The summed E-state index contributed by atoms with van der Waals surface area (Å²) in [6.45, 7) is 1.26. The van der Waals surface area contributed by atoms with Gasteiger partial charge in [-0.3, -0.25) is 10.1 Å². The predicted octanol–water partition coefficient (Wildman–Crippen LogP) is 1.39. The van der Waals surface area contributed by atoms with Crippen LogP contribution in [0.2, 0.25) is 0 Å². The first kappa shape index (κ1) is 13.3. The number of nitrogens with one attached hydrogen (secondary N) is 1. The Balaban J connectivity index is 1.94. The van der Waals surface area contributed by atoms with Crippen LogP contribution in [0.25, 0.3) is 0 Å². The van der Waals surface area contributed by atoms with E-state index >= 15 is 0 Å². The average Bonchev–Trinajstić information content (AvgIpc) is 2.88. The lowest BCUT2D eigenvalue weighted by atomic mass is 10.3. The summed E-state index contributed by atoms with van der Waals surface area (Å²) in [6, 6.07) is 5.75. The number of non-ortho nitro benzene ring substituents is 1. The molecule has 0 saturated carbocycles. The van der Waals surface area contributed by atoms with Gasteiger partial charge in [-0.15, -0.1) is 0 Å². The third kappa shape index (κ3) is 3.19. The number of nitro benzene ring substituents is 1. The van der Waals surface area contributed by atoms with Gasteiger partial charge in [0, 0.05) is 31.3 Å². The fourth-order valence-electron chi connectivity index (χ4n) is 1.96. The van der Waals surface area contributed by atoms with Crippen LogP contribution in [-0.2, 0) is 0 Å². The normalized spacial score (nSPS) is 18.4. The molecule has 1 atom stereocenters. The van der Waals surface area contributed by atoms with E-state index in [0.717, 1.165) is 6.42 Å². The number of likely N-dealkylation sites (N-methyl/N-ethyl adjacent to an activating group) is 1. The van der Waals surface area contributed by atoms with Crippen molar-refractivity contribution in [2.24, 2.45) is 0 Å². The first-order valence-corrected chi connectivity index (χ1v) is 5.98. The summed E-state index contributed by atoms with van der Waals surface area (Å²) in [5, 5.41) is 13.6. The number of ether oxygens (including phenoxy) is 1. The summed E-state index contributed by atoms with van der Waals surface area (Å²) >= 11 is 0. The van der Waals surface area contributed by atoms with Crippen LogP contribution >= 0.6 is 0 Å². The van der Waals surface area contributed by atoms with Gasteiger partial charge in [0.2, 0.25) is 0 Å². The monoisotopic (exact) mass is 265 g/mol. The Labute approximate surface area is 110 Å². The number of amides is 1. The molecule has 0 radical (unpaired) electrons. The van der Waals surface area contributed by atoms with Gasteiger partial charge in [-0.2, -0.15) is 0 Å². The van der Waals surface area contributed by atoms with Gasteiger partial charge in [-0.1, -0.05) is 0 Å².